The highest BCUT2D eigenvalue weighted by molar-refractivity contribution is 5.83. The smallest absolute Gasteiger partial charge is 0.226 e. The van der Waals surface area contributed by atoms with Gasteiger partial charge in [0, 0.05) is 18.5 Å². The lowest BCUT2D eigenvalue weighted by molar-refractivity contribution is -0.134. The molecule has 1 amide bonds. The zero-order valence-electron chi connectivity index (χ0n) is 11.4. The van der Waals surface area contributed by atoms with Gasteiger partial charge in [-0.05, 0) is 30.4 Å². The van der Waals surface area contributed by atoms with E-state index in [0.717, 1.165) is 6.07 Å². The average molecular weight is 297 g/mol. The maximum Gasteiger partial charge on any atom is 0.226 e. The molecular formula is C15H17F2NO3. The van der Waals surface area contributed by atoms with Crippen LogP contribution >= 0.6 is 0 Å². The number of nitrogens with zero attached hydrogens (tertiary/aromatic N) is 1. The minimum Gasteiger partial charge on any atom is -0.394 e. The maximum absolute atomic E-state index is 13.7. The van der Waals surface area contributed by atoms with Gasteiger partial charge in [0.2, 0.25) is 5.91 Å². The lowest BCUT2D eigenvalue weighted by Crippen LogP contribution is -2.39. The molecule has 1 saturated carbocycles. The van der Waals surface area contributed by atoms with Crippen LogP contribution in [0, 0.1) is 17.6 Å². The van der Waals surface area contributed by atoms with Crippen LogP contribution in [0.4, 0.5) is 8.78 Å². The maximum atomic E-state index is 13.7. The van der Waals surface area contributed by atoms with E-state index in [4.69, 9.17) is 0 Å². The minimum absolute atomic E-state index is 0.167. The third-order valence-electron chi connectivity index (χ3n) is 4.36. The van der Waals surface area contributed by atoms with E-state index in [1.54, 1.807) is 0 Å². The Kier molecular flexibility index (Phi) is 3.67. The van der Waals surface area contributed by atoms with Crippen LogP contribution < -0.4 is 0 Å². The lowest BCUT2D eigenvalue weighted by atomic mass is 10.1. The number of aliphatic hydroxyl groups excluding tert-OH is 2. The van der Waals surface area contributed by atoms with Gasteiger partial charge in [-0.25, -0.2) is 8.78 Å². The Labute approximate surface area is 121 Å². The van der Waals surface area contributed by atoms with Crippen molar-refractivity contribution in [2.75, 3.05) is 13.2 Å². The van der Waals surface area contributed by atoms with Crippen LogP contribution in [0.5, 0.6) is 0 Å². The fourth-order valence-corrected chi connectivity index (χ4v) is 3.16. The van der Waals surface area contributed by atoms with Gasteiger partial charge >= 0.3 is 0 Å². The van der Waals surface area contributed by atoms with Crippen molar-refractivity contribution < 1.29 is 23.8 Å². The molecule has 6 heteroatoms. The number of β-amino-alcohol motifs (C(OH)–C–C–N with tert-alkyl or cyclic N) is 1. The molecule has 0 spiro atoms. The third kappa shape index (κ3) is 2.65. The van der Waals surface area contributed by atoms with Crippen LogP contribution in [0.25, 0.3) is 0 Å². The van der Waals surface area contributed by atoms with Crippen molar-refractivity contribution >= 4 is 5.91 Å². The summed E-state index contributed by atoms with van der Waals surface area (Å²) in [7, 11) is 0. The quantitative estimate of drug-likeness (QED) is 0.876. The number of carbonyl (C=O) groups is 1. The molecule has 0 aromatic heterocycles. The molecule has 1 heterocycles. The van der Waals surface area contributed by atoms with E-state index in [2.05, 4.69) is 0 Å². The number of amides is 1. The zero-order valence-corrected chi connectivity index (χ0v) is 11.4. The van der Waals surface area contributed by atoms with Crippen LogP contribution in [0.15, 0.2) is 18.2 Å². The predicted octanol–water partition coefficient (Wildman–Crippen LogP) is 1.02. The summed E-state index contributed by atoms with van der Waals surface area (Å²) in [6, 6.07) is 3.02. The number of hydrogen-bond donors (Lipinski definition) is 2. The number of rotatable bonds is 3. The Bertz CT molecular complexity index is 566. The van der Waals surface area contributed by atoms with Gasteiger partial charge in [0.25, 0.3) is 0 Å². The summed E-state index contributed by atoms with van der Waals surface area (Å²) in [6.07, 6.45) is 0.266. The summed E-state index contributed by atoms with van der Waals surface area (Å²) < 4.78 is 26.6. The summed E-state index contributed by atoms with van der Waals surface area (Å²) in [4.78, 5) is 13.9. The molecule has 4 atom stereocenters. The largest absolute Gasteiger partial charge is 0.394 e. The fourth-order valence-electron chi connectivity index (χ4n) is 3.16. The average Bonchev–Trinajstić information content (AvgIpc) is 3.13. The molecule has 0 unspecified atom stereocenters. The van der Waals surface area contributed by atoms with Crippen LogP contribution in [0.1, 0.15) is 24.3 Å². The fraction of sp³-hybridized carbons (Fsp3) is 0.533. The molecule has 1 aromatic carbocycles. The van der Waals surface area contributed by atoms with E-state index < -0.39 is 17.7 Å². The van der Waals surface area contributed by atoms with Crippen molar-refractivity contribution in [2.45, 2.75) is 30.9 Å². The predicted molar refractivity (Wildman–Crippen MR) is 70.4 cm³/mol. The van der Waals surface area contributed by atoms with Crippen molar-refractivity contribution in [1.29, 1.82) is 0 Å². The Balaban J connectivity index is 1.71. The second-order valence-electron chi connectivity index (χ2n) is 5.83. The minimum atomic E-state index is -0.636. The van der Waals surface area contributed by atoms with E-state index in [1.165, 1.54) is 17.0 Å². The van der Waals surface area contributed by atoms with Gasteiger partial charge in [-0.1, -0.05) is 6.07 Å². The number of likely N-dealkylation sites (tertiary alicyclic amines) is 1. The molecule has 0 bridgehead atoms. The van der Waals surface area contributed by atoms with E-state index >= 15 is 0 Å². The number of aliphatic hydroxyl groups is 2. The van der Waals surface area contributed by atoms with Crippen molar-refractivity contribution in [2.24, 2.45) is 5.92 Å². The summed E-state index contributed by atoms with van der Waals surface area (Å²) in [6.45, 7) is 0.0181. The highest BCUT2D eigenvalue weighted by Gasteiger charge is 2.49. The first-order valence-electron chi connectivity index (χ1n) is 7.05. The first-order valence-corrected chi connectivity index (χ1v) is 7.05. The molecule has 0 radical (unpaired) electrons. The summed E-state index contributed by atoms with van der Waals surface area (Å²) in [5, 5.41) is 18.9. The van der Waals surface area contributed by atoms with Gasteiger partial charge in [0.05, 0.1) is 18.8 Å². The van der Waals surface area contributed by atoms with E-state index in [-0.39, 0.29) is 36.9 Å². The van der Waals surface area contributed by atoms with Crippen molar-refractivity contribution in [3.05, 3.63) is 35.4 Å². The molecule has 1 aromatic rings. The molecule has 1 aliphatic carbocycles. The highest BCUT2D eigenvalue weighted by atomic mass is 19.1. The van der Waals surface area contributed by atoms with Gasteiger partial charge in [-0.3, -0.25) is 4.79 Å². The van der Waals surface area contributed by atoms with Crippen LogP contribution in [-0.4, -0.2) is 46.3 Å². The Morgan fingerprint density at radius 2 is 2.10 bits per heavy atom. The molecule has 2 aliphatic rings. The summed E-state index contributed by atoms with van der Waals surface area (Å²) in [5.74, 6) is -2.02. The van der Waals surface area contributed by atoms with Crippen molar-refractivity contribution in [3.63, 3.8) is 0 Å². The number of carbonyl (C=O) groups excluding carboxylic acids is 1. The standard InChI is InChI=1S/C15H17F2NO3/c16-8-1-2-11(14(17)3-8)12-5-13(12)15(21)18-6-10(20)4-9(18)7-19/h1-3,9-10,12-13,19-20H,4-7H2/t9-,10-,12+,13+/m0/s1. The first kappa shape index (κ1) is 14.4. The molecule has 21 heavy (non-hydrogen) atoms. The second kappa shape index (κ2) is 5.35. The second-order valence-corrected chi connectivity index (χ2v) is 5.83. The van der Waals surface area contributed by atoms with Gasteiger partial charge in [0.15, 0.2) is 0 Å². The molecular weight excluding hydrogens is 280 g/mol. The molecule has 4 nitrogen and oxygen atoms in total. The Morgan fingerprint density at radius 1 is 1.33 bits per heavy atom. The van der Waals surface area contributed by atoms with Gasteiger partial charge in [0.1, 0.15) is 11.6 Å². The normalized spacial score (nSPS) is 31.5. The Morgan fingerprint density at radius 3 is 2.76 bits per heavy atom. The molecule has 1 saturated heterocycles. The van der Waals surface area contributed by atoms with E-state index in [0.29, 0.717) is 18.4 Å². The van der Waals surface area contributed by atoms with Gasteiger partial charge in [-0.2, -0.15) is 0 Å². The molecule has 2 N–H and O–H groups in total. The molecule has 114 valence electrons. The third-order valence-corrected chi connectivity index (χ3v) is 4.36. The first-order chi connectivity index (χ1) is 10.0. The lowest BCUT2D eigenvalue weighted by Gasteiger charge is -2.22. The highest BCUT2D eigenvalue weighted by Crippen LogP contribution is 2.49. The van der Waals surface area contributed by atoms with Gasteiger partial charge in [-0.15, -0.1) is 0 Å². The van der Waals surface area contributed by atoms with Gasteiger partial charge < -0.3 is 15.1 Å². The van der Waals surface area contributed by atoms with Crippen molar-refractivity contribution in [3.8, 4) is 0 Å². The number of hydrogen-bond acceptors (Lipinski definition) is 3. The van der Waals surface area contributed by atoms with Crippen molar-refractivity contribution in [1.82, 2.24) is 4.90 Å². The summed E-state index contributed by atoms with van der Waals surface area (Å²) >= 11 is 0. The molecule has 3 rings (SSSR count). The monoisotopic (exact) mass is 297 g/mol. The summed E-state index contributed by atoms with van der Waals surface area (Å²) in [5.41, 5.74) is 0.357. The van der Waals surface area contributed by atoms with Crippen LogP contribution in [-0.2, 0) is 4.79 Å². The molecule has 2 fully saturated rings. The number of benzene rings is 1. The number of halogens is 2. The SMILES string of the molecule is O=C([C@@H]1C[C@@H]1c1ccc(F)cc1F)N1C[C@@H](O)C[C@H]1CO. The topological polar surface area (TPSA) is 60.8 Å². The van der Waals surface area contributed by atoms with Crippen LogP contribution in [0.2, 0.25) is 0 Å². The van der Waals surface area contributed by atoms with Crippen LogP contribution in [0.3, 0.4) is 0 Å². The Hall–Kier alpha value is -1.53. The van der Waals surface area contributed by atoms with E-state index in [1.807, 2.05) is 0 Å². The molecule has 1 aliphatic heterocycles. The van der Waals surface area contributed by atoms with E-state index in [9.17, 15) is 23.8 Å². The zero-order chi connectivity index (χ0) is 15.1.